The fourth-order valence-electron chi connectivity index (χ4n) is 5.46. The third kappa shape index (κ3) is 5.03. The highest BCUT2D eigenvalue weighted by Crippen LogP contribution is 2.36. The summed E-state index contributed by atoms with van der Waals surface area (Å²) in [7, 11) is 1.65. The Bertz CT molecular complexity index is 1290. The number of benzene rings is 1. The van der Waals surface area contributed by atoms with E-state index in [-0.39, 0.29) is 18.1 Å². The number of aromatic nitrogens is 4. The van der Waals surface area contributed by atoms with Gasteiger partial charge in [-0.15, -0.1) is 5.10 Å². The molecule has 2 aromatic heterocycles. The minimum atomic E-state index is -0.280. The molecule has 4 aliphatic rings. The Kier molecular flexibility index (Phi) is 6.86. The number of morpholine rings is 1. The molecule has 7 rings (SSSR count). The average Bonchev–Trinajstić information content (AvgIpc) is 3.40. The number of carbonyl (C=O) groups excluding carboxylic acids is 1. The first-order valence-corrected chi connectivity index (χ1v) is 13.0. The van der Waals surface area contributed by atoms with Gasteiger partial charge in [-0.2, -0.15) is 0 Å². The van der Waals surface area contributed by atoms with Gasteiger partial charge in [-0.1, -0.05) is 17.3 Å². The van der Waals surface area contributed by atoms with Crippen LogP contribution in [0.4, 0.5) is 0 Å². The molecule has 0 N–H and O–H groups in total. The molecule has 5 bridgehead atoms. The summed E-state index contributed by atoms with van der Waals surface area (Å²) in [4.78, 5) is 22.0. The largest absolute Gasteiger partial charge is 0.493 e. The third-order valence-corrected chi connectivity index (χ3v) is 7.47. The van der Waals surface area contributed by atoms with Crippen molar-refractivity contribution in [2.45, 2.75) is 38.1 Å². The number of para-hydroxylation sites is 1. The predicted molar refractivity (Wildman–Crippen MR) is 136 cm³/mol. The number of piperidine rings is 1. The van der Waals surface area contributed by atoms with Crippen molar-refractivity contribution in [2.24, 2.45) is 0 Å². The summed E-state index contributed by atoms with van der Waals surface area (Å²) < 4.78 is 25.9. The highest BCUT2D eigenvalue weighted by atomic mass is 16.5. The topological polar surface area (TPSA) is 104 Å². The van der Waals surface area contributed by atoms with E-state index in [1.54, 1.807) is 30.1 Å². The molecule has 1 unspecified atom stereocenters. The van der Waals surface area contributed by atoms with E-state index in [4.69, 9.17) is 18.9 Å². The second kappa shape index (κ2) is 10.6. The van der Waals surface area contributed by atoms with Crippen molar-refractivity contribution in [3.05, 3.63) is 59.7 Å². The van der Waals surface area contributed by atoms with Crippen molar-refractivity contribution >= 4 is 5.91 Å². The highest BCUT2D eigenvalue weighted by molar-refractivity contribution is 5.95. The van der Waals surface area contributed by atoms with Crippen molar-refractivity contribution in [1.29, 1.82) is 0 Å². The van der Waals surface area contributed by atoms with Crippen molar-refractivity contribution in [2.75, 3.05) is 46.5 Å². The van der Waals surface area contributed by atoms with Gasteiger partial charge in [0.05, 0.1) is 32.1 Å². The Hall–Kier alpha value is -3.70. The van der Waals surface area contributed by atoms with E-state index < -0.39 is 0 Å². The Labute approximate surface area is 221 Å². The van der Waals surface area contributed by atoms with Crippen LogP contribution in [0.5, 0.6) is 17.2 Å². The number of carbonyl (C=O) groups is 1. The molecule has 1 atom stereocenters. The summed E-state index contributed by atoms with van der Waals surface area (Å²) in [6, 6.07) is 9.53. The van der Waals surface area contributed by atoms with Crippen molar-refractivity contribution in [3.63, 3.8) is 0 Å². The molecule has 200 valence electrons. The Morgan fingerprint density at radius 2 is 1.92 bits per heavy atom. The molecule has 0 radical (unpaired) electrons. The molecule has 2 fully saturated rings. The van der Waals surface area contributed by atoms with Crippen LogP contribution in [-0.4, -0.2) is 87.8 Å². The van der Waals surface area contributed by atoms with E-state index in [1.165, 1.54) is 0 Å². The number of pyridine rings is 1. The predicted octanol–water partition coefficient (Wildman–Crippen LogP) is 2.16. The minimum Gasteiger partial charge on any atom is -0.493 e. The summed E-state index contributed by atoms with van der Waals surface area (Å²) in [5.74, 6) is 1.76. The molecule has 3 aromatic rings. The van der Waals surface area contributed by atoms with E-state index >= 15 is 0 Å². The zero-order valence-electron chi connectivity index (χ0n) is 21.5. The summed E-state index contributed by atoms with van der Waals surface area (Å²) in [6.07, 6.45) is 5.00. The SMILES string of the molecule is COc1cccc2c1OCc1cn(nn1)CCOc1cccnc1C(=O)N1CCC3(CC1)CN(CCO3)C2. The maximum atomic E-state index is 13.4. The number of nitrogens with zero attached hydrogens (tertiary/aromatic N) is 6. The van der Waals surface area contributed by atoms with Gasteiger partial charge >= 0.3 is 0 Å². The monoisotopic (exact) mass is 520 g/mol. The first-order chi connectivity index (χ1) is 18.6. The van der Waals surface area contributed by atoms with Gasteiger partial charge in [-0.25, -0.2) is 9.67 Å². The molecule has 11 heteroatoms. The number of rotatable bonds is 1. The van der Waals surface area contributed by atoms with Gasteiger partial charge in [0.25, 0.3) is 5.91 Å². The van der Waals surface area contributed by atoms with Crippen LogP contribution in [0.1, 0.15) is 34.6 Å². The van der Waals surface area contributed by atoms with E-state index in [9.17, 15) is 4.79 Å². The summed E-state index contributed by atoms with van der Waals surface area (Å²) in [6.45, 7) is 5.24. The van der Waals surface area contributed by atoms with Gasteiger partial charge in [0, 0.05) is 44.5 Å². The first kappa shape index (κ1) is 24.6. The van der Waals surface area contributed by atoms with Crippen LogP contribution < -0.4 is 14.2 Å². The highest BCUT2D eigenvalue weighted by Gasteiger charge is 2.41. The lowest BCUT2D eigenvalue weighted by molar-refractivity contribution is -0.134. The Balaban J connectivity index is 1.30. The quantitative estimate of drug-likeness (QED) is 0.477. The molecule has 6 heterocycles. The number of fused-ring (bicyclic) bond motifs is 5. The summed E-state index contributed by atoms with van der Waals surface area (Å²) >= 11 is 0. The van der Waals surface area contributed by atoms with Gasteiger partial charge in [0.2, 0.25) is 0 Å². The molecule has 38 heavy (non-hydrogen) atoms. The fraction of sp³-hybridized carbons (Fsp3) is 0.481. The zero-order chi connectivity index (χ0) is 26.0. The number of hydrogen-bond acceptors (Lipinski definition) is 9. The standard InChI is InChI=1S/C27H32N6O5/c1-35-23-5-2-4-20-16-31-12-15-38-27(19-31)7-10-32(11-8-27)26(34)24-22(6-3-9-28-24)36-14-13-33-17-21(29-30-33)18-37-25(20)23/h2-6,9,17H,7-8,10-16,18-19H2,1H3. The molecular weight excluding hydrogens is 488 g/mol. The van der Waals surface area contributed by atoms with Crippen molar-refractivity contribution in [1.82, 2.24) is 29.8 Å². The lowest BCUT2D eigenvalue weighted by atomic mass is 9.89. The molecule has 0 saturated carbocycles. The van der Waals surface area contributed by atoms with Gasteiger partial charge < -0.3 is 23.8 Å². The van der Waals surface area contributed by atoms with Crippen LogP contribution in [0.25, 0.3) is 0 Å². The molecule has 0 aliphatic carbocycles. The smallest absolute Gasteiger partial charge is 0.276 e. The Morgan fingerprint density at radius 3 is 2.79 bits per heavy atom. The van der Waals surface area contributed by atoms with E-state index in [2.05, 4.69) is 26.3 Å². The number of amides is 1. The van der Waals surface area contributed by atoms with Gasteiger partial charge in [-0.3, -0.25) is 9.69 Å². The number of ether oxygens (including phenoxy) is 4. The molecule has 11 nitrogen and oxygen atoms in total. The van der Waals surface area contributed by atoms with Crippen molar-refractivity contribution in [3.8, 4) is 17.2 Å². The lowest BCUT2D eigenvalue weighted by Crippen LogP contribution is -2.57. The number of methoxy groups -OCH3 is 1. The van der Waals surface area contributed by atoms with Gasteiger partial charge in [0.1, 0.15) is 18.9 Å². The molecule has 1 spiro atoms. The van der Waals surface area contributed by atoms with Crippen LogP contribution in [0.15, 0.2) is 42.7 Å². The summed E-state index contributed by atoms with van der Waals surface area (Å²) in [5, 5.41) is 8.46. The average molecular weight is 521 g/mol. The maximum Gasteiger partial charge on any atom is 0.276 e. The van der Waals surface area contributed by atoms with Crippen LogP contribution in [-0.2, 0) is 24.4 Å². The summed E-state index contributed by atoms with van der Waals surface area (Å²) in [5.41, 5.74) is 1.80. The van der Waals surface area contributed by atoms with Crippen LogP contribution in [0, 0.1) is 0 Å². The van der Waals surface area contributed by atoms with Crippen LogP contribution >= 0.6 is 0 Å². The van der Waals surface area contributed by atoms with Crippen molar-refractivity contribution < 1.29 is 23.7 Å². The zero-order valence-corrected chi connectivity index (χ0v) is 21.5. The first-order valence-electron chi connectivity index (χ1n) is 13.0. The van der Waals surface area contributed by atoms with Gasteiger partial charge in [0.15, 0.2) is 22.9 Å². The molecule has 4 aliphatic heterocycles. The molecule has 1 aromatic carbocycles. The Morgan fingerprint density at radius 1 is 1.03 bits per heavy atom. The van der Waals surface area contributed by atoms with E-state index in [0.717, 1.165) is 31.5 Å². The minimum absolute atomic E-state index is 0.112. The number of hydrogen-bond donors (Lipinski definition) is 0. The molecule has 1 amide bonds. The third-order valence-electron chi connectivity index (χ3n) is 7.47. The van der Waals surface area contributed by atoms with Crippen LogP contribution in [0.2, 0.25) is 0 Å². The normalized spacial score (nSPS) is 24.0. The van der Waals surface area contributed by atoms with E-state index in [0.29, 0.717) is 68.0 Å². The fourth-order valence-corrected chi connectivity index (χ4v) is 5.46. The lowest BCUT2D eigenvalue weighted by Gasteiger charge is -2.47. The second-order valence-corrected chi connectivity index (χ2v) is 9.94. The second-order valence-electron chi connectivity index (χ2n) is 9.94. The van der Waals surface area contributed by atoms with Gasteiger partial charge in [-0.05, 0) is 31.0 Å². The van der Waals surface area contributed by atoms with Crippen LogP contribution in [0.3, 0.4) is 0 Å². The maximum absolute atomic E-state index is 13.4. The molecule has 2 saturated heterocycles. The van der Waals surface area contributed by atoms with E-state index in [1.807, 2.05) is 23.2 Å². The molecular formula is C27H32N6O5.